The number of nitro groups is 1. The number of fused-ring (bicyclic) bond motifs is 9. The number of hydrogen-bond acceptors (Lipinski definition) is 8. The maximum atomic E-state index is 14.0. The van der Waals surface area contributed by atoms with Gasteiger partial charge in [-0.05, 0) is 72.2 Å². The Morgan fingerprint density at radius 3 is 2.42 bits per heavy atom. The fourth-order valence-corrected chi connectivity index (χ4v) is 11.4. The standard InChI is InChI=1S/C32H23BrClN3O6S2/c33-15-3-10-22(43-13-14-1-4-16(34)5-2-14)19(11-15)23-24-20-12-21(27(24)44-29-28(23)45-32(40)35-29)26-25(20)30(38)36(31(26)39)17-6-8-18(9-7-17)37(41)42/h1-11,20-21,23-27H,12-13H2,(H,35,40)/t20-,21-,23+,24+,25+,26+,27-/m1/s1. The van der Waals surface area contributed by atoms with Crippen LogP contribution in [0, 0.1) is 39.7 Å². The molecule has 45 heavy (non-hydrogen) atoms. The van der Waals surface area contributed by atoms with Crippen LogP contribution in [0.25, 0.3) is 0 Å². The van der Waals surface area contributed by atoms with E-state index in [1.165, 1.54) is 40.5 Å². The Morgan fingerprint density at radius 1 is 1.00 bits per heavy atom. The third kappa shape index (κ3) is 4.59. The molecule has 9 nitrogen and oxygen atoms in total. The Hall–Kier alpha value is -3.45. The topological polar surface area (TPSA) is 123 Å². The van der Waals surface area contributed by atoms with E-state index in [1.54, 1.807) is 11.8 Å². The zero-order valence-electron chi connectivity index (χ0n) is 23.2. The van der Waals surface area contributed by atoms with Gasteiger partial charge in [-0.25, -0.2) is 0 Å². The lowest BCUT2D eigenvalue weighted by molar-refractivity contribution is -0.384. The molecule has 3 aromatic carbocycles. The van der Waals surface area contributed by atoms with Gasteiger partial charge in [-0.15, -0.1) is 11.8 Å². The SMILES string of the molecule is O=C1[C@H]2[C@H]3C[C@@H]([C@@H]2C(=O)N1c1ccc([N+](=O)[O-])cc1)[C@H]1[C@H](c2cc(Br)ccc2OCc2ccc(Cl)cc2)c2sc(=O)[nH]c2S[C@H]31. The highest BCUT2D eigenvalue weighted by Gasteiger charge is 2.69. The number of nitrogens with one attached hydrogen (secondary N) is 1. The summed E-state index contributed by atoms with van der Waals surface area (Å²) in [6.45, 7) is 0.325. The number of ether oxygens (including phenoxy) is 1. The molecule has 2 aliphatic heterocycles. The van der Waals surface area contributed by atoms with Gasteiger partial charge in [0.2, 0.25) is 11.8 Å². The third-order valence-corrected chi connectivity index (χ3v) is 13.0. The van der Waals surface area contributed by atoms with E-state index < -0.39 is 16.8 Å². The number of thiazole rings is 1. The molecule has 2 amide bonds. The first-order valence-electron chi connectivity index (χ1n) is 14.4. The number of non-ortho nitro benzene ring substituents is 1. The summed E-state index contributed by atoms with van der Waals surface area (Å²) in [5.41, 5.74) is 2.14. The third-order valence-electron chi connectivity index (χ3n) is 9.66. The molecule has 1 saturated heterocycles. The molecule has 2 saturated carbocycles. The molecular formula is C32H23BrClN3O6S2. The smallest absolute Gasteiger partial charge is 0.305 e. The number of carbonyl (C=O) groups excluding carboxylic acids is 2. The van der Waals surface area contributed by atoms with Crippen LogP contribution < -0.4 is 14.5 Å². The van der Waals surface area contributed by atoms with E-state index in [4.69, 9.17) is 16.3 Å². The second-order valence-corrected chi connectivity index (χ2v) is 15.4. The lowest BCUT2D eigenvalue weighted by atomic mass is 9.68. The van der Waals surface area contributed by atoms with Crippen molar-refractivity contribution in [2.24, 2.45) is 29.6 Å². The van der Waals surface area contributed by atoms with E-state index >= 15 is 0 Å². The number of aromatic amines is 1. The summed E-state index contributed by atoms with van der Waals surface area (Å²) in [7, 11) is 0. The number of thioether (sulfide) groups is 1. The minimum Gasteiger partial charge on any atom is -0.489 e. The van der Waals surface area contributed by atoms with Crippen LogP contribution in [-0.4, -0.2) is 27.0 Å². The average molecular weight is 725 g/mol. The van der Waals surface area contributed by atoms with Crippen molar-refractivity contribution in [2.45, 2.75) is 29.2 Å². The van der Waals surface area contributed by atoms with Gasteiger partial charge < -0.3 is 9.72 Å². The molecule has 2 bridgehead atoms. The Balaban J connectivity index is 1.18. The maximum absolute atomic E-state index is 14.0. The van der Waals surface area contributed by atoms with Crippen LogP contribution >= 0.6 is 50.6 Å². The molecule has 4 aliphatic rings. The highest BCUT2D eigenvalue weighted by molar-refractivity contribution is 9.10. The van der Waals surface area contributed by atoms with E-state index in [1.807, 2.05) is 42.5 Å². The highest BCUT2D eigenvalue weighted by atomic mass is 79.9. The van der Waals surface area contributed by atoms with E-state index in [0.29, 0.717) is 23.1 Å². The first-order valence-corrected chi connectivity index (χ1v) is 17.2. The van der Waals surface area contributed by atoms with Gasteiger partial charge in [0.05, 0.1) is 27.5 Å². The Kier molecular flexibility index (Phi) is 6.97. The minimum absolute atomic E-state index is 0.00987. The van der Waals surface area contributed by atoms with Gasteiger partial charge in [0, 0.05) is 43.2 Å². The molecule has 8 rings (SSSR count). The van der Waals surface area contributed by atoms with Crippen LogP contribution in [0.4, 0.5) is 11.4 Å². The molecule has 228 valence electrons. The summed E-state index contributed by atoms with van der Waals surface area (Å²) in [6, 6.07) is 18.9. The van der Waals surface area contributed by atoms with Crippen molar-refractivity contribution in [2.75, 3.05) is 4.90 Å². The van der Waals surface area contributed by atoms with Gasteiger partial charge in [0.15, 0.2) is 0 Å². The van der Waals surface area contributed by atoms with Crippen LogP contribution in [0.2, 0.25) is 5.02 Å². The zero-order chi connectivity index (χ0) is 31.1. The number of amides is 2. The Morgan fingerprint density at radius 2 is 1.71 bits per heavy atom. The molecule has 0 spiro atoms. The summed E-state index contributed by atoms with van der Waals surface area (Å²) < 4.78 is 7.28. The second kappa shape index (κ2) is 10.8. The molecule has 7 atom stereocenters. The largest absolute Gasteiger partial charge is 0.489 e. The monoisotopic (exact) mass is 723 g/mol. The number of carbonyl (C=O) groups is 2. The summed E-state index contributed by atoms with van der Waals surface area (Å²) >= 11 is 12.5. The summed E-state index contributed by atoms with van der Waals surface area (Å²) in [5.74, 6) is -1.16. The van der Waals surface area contributed by atoms with Gasteiger partial charge in [0.1, 0.15) is 12.4 Å². The lowest BCUT2D eigenvalue weighted by Crippen LogP contribution is -2.42. The molecule has 1 aromatic heterocycles. The molecule has 3 fully saturated rings. The van der Waals surface area contributed by atoms with Crippen molar-refractivity contribution in [3.8, 4) is 5.75 Å². The predicted molar refractivity (Wildman–Crippen MR) is 174 cm³/mol. The predicted octanol–water partition coefficient (Wildman–Crippen LogP) is 7.02. The van der Waals surface area contributed by atoms with E-state index in [-0.39, 0.29) is 51.3 Å². The number of halogens is 2. The van der Waals surface area contributed by atoms with Crippen LogP contribution in [0.3, 0.4) is 0 Å². The van der Waals surface area contributed by atoms with E-state index in [2.05, 4.69) is 20.9 Å². The normalized spacial score (nSPS) is 27.8. The molecule has 4 aromatic rings. The van der Waals surface area contributed by atoms with Gasteiger partial charge in [-0.3, -0.25) is 29.4 Å². The quantitative estimate of drug-likeness (QED) is 0.129. The molecule has 13 heteroatoms. The van der Waals surface area contributed by atoms with Crippen molar-refractivity contribution >= 4 is 73.8 Å². The van der Waals surface area contributed by atoms with Crippen molar-refractivity contribution < 1.29 is 19.2 Å². The molecule has 1 N–H and O–H groups in total. The number of anilines is 1. The van der Waals surface area contributed by atoms with Crippen LogP contribution in [0.1, 0.15) is 28.3 Å². The fourth-order valence-electron chi connectivity index (χ4n) is 7.98. The Labute approximate surface area is 278 Å². The van der Waals surface area contributed by atoms with Gasteiger partial charge in [-0.1, -0.05) is 51.0 Å². The van der Waals surface area contributed by atoms with Crippen molar-refractivity contribution in [1.82, 2.24) is 4.98 Å². The maximum Gasteiger partial charge on any atom is 0.305 e. The Bertz CT molecular complexity index is 1950. The molecular weight excluding hydrogens is 702 g/mol. The summed E-state index contributed by atoms with van der Waals surface area (Å²) in [6.07, 6.45) is 0.744. The average Bonchev–Trinajstić information content (AvgIpc) is 3.76. The number of nitro benzene ring substituents is 1. The number of imide groups is 1. The van der Waals surface area contributed by atoms with E-state index in [0.717, 1.165) is 31.9 Å². The van der Waals surface area contributed by atoms with Crippen LogP contribution in [0.15, 0.2) is 81.0 Å². The fraction of sp³-hybridized carbons (Fsp3) is 0.281. The second-order valence-electron chi connectivity index (χ2n) is 11.8. The van der Waals surface area contributed by atoms with Gasteiger partial charge in [-0.2, -0.15) is 0 Å². The summed E-state index contributed by atoms with van der Waals surface area (Å²) in [5, 5.41) is 12.7. The first kappa shape index (κ1) is 29.0. The van der Waals surface area contributed by atoms with Crippen molar-refractivity contribution in [3.05, 3.63) is 112 Å². The number of rotatable bonds is 6. The highest BCUT2D eigenvalue weighted by Crippen LogP contribution is 2.69. The number of nitrogens with zero attached hydrogens (tertiary/aromatic N) is 2. The molecule has 2 aliphatic carbocycles. The van der Waals surface area contributed by atoms with Crippen molar-refractivity contribution in [1.29, 1.82) is 0 Å². The zero-order valence-corrected chi connectivity index (χ0v) is 27.2. The van der Waals surface area contributed by atoms with Crippen LogP contribution in [-0.2, 0) is 16.2 Å². The number of benzene rings is 3. The first-order chi connectivity index (χ1) is 21.7. The molecule has 0 unspecified atom stereocenters. The lowest BCUT2D eigenvalue weighted by Gasteiger charge is -2.43. The number of hydrogen-bond donors (Lipinski definition) is 1. The number of aromatic nitrogens is 1. The summed E-state index contributed by atoms with van der Waals surface area (Å²) in [4.78, 5) is 56.4. The van der Waals surface area contributed by atoms with Gasteiger partial charge in [0.25, 0.3) is 5.69 Å². The number of H-pyrrole nitrogens is 1. The van der Waals surface area contributed by atoms with Crippen molar-refractivity contribution in [3.63, 3.8) is 0 Å². The minimum atomic E-state index is -0.507. The van der Waals surface area contributed by atoms with Gasteiger partial charge >= 0.3 is 4.87 Å². The van der Waals surface area contributed by atoms with E-state index in [9.17, 15) is 24.5 Å². The molecule has 0 radical (unpaired) electrons. The van der Waals surface area contributed by atoms with Crippen LogP contribution in [0.5, 0.6) is 5.75 Å². The molecule has 3 heterocycles.